The second kappa shape index (κ2) is 10.3. The van der Waals surface area contributed by atoms with Gasteiger partial charge in [-0.25, -0.2) is 0 Å². The number of nitro groups is 1. The molecular formula is C28H34N2O4Si. The summed E-state index contributed by atoms with van der Waals surface area (Å²) in [5.74, 6) is 0.639. The van der Waals surface area contributed by atoms with E-state index in [-0.39, 0.29) is 22.9 Å². The molecule has 2 atom stereocenters. The first-order valence-corrected chi connectivity index (χ1v) is 14.0. The highest BCUT2D eigenvalue weighted by molar-refractivity contribution is 6.99. The number of hydrogen-bond donors (Lipinski definition) is 0. The molecule has 1 heterocycles. The summed E-state index contributed by atoms with van der Waals surface area (Å²) in [5, 5.41) is 13.4. The molecule has 0 aromatic heterocycles. The van der Waals surface area contributed by atoms with Gasteiger partial charge >= 0.3 is 0 Å². The fourth-order valence-electron chi connectivity index (χ4n) is 5.11. The Labute approximate surface area is 208 Å². The first kappa shape index (κ1) is 25.1. The summed E-state index contributed by atoms with van der Waals surface area (Å²) >= 11 is 0. The van der Waals surface area contributed by atoms with E-state index in [9.17, 15) is 10.1 Å². The molecular weight excluding hydrogens is 456 g/mol. The highest BCUT2D eigenvalue weighted by Gasteiger charge is 2.52. The van der Waals surface area contributed by atoms with Crippen molar-refractivity contribution < 1.29 is 14.1 Å². The van der Waals surface area contributed by atoms with Crippen molar-refractivity contribution in [3.05, 3.63) is 95.0 Å². The van der Waals surface area contributed by atoms with Crippen LogP contribution in [0, 0.1) is 10.1 Å². The van der Waals surface area contributed by atoms with Gasteiger partial charge in [-0.15, -0.1) is 0 Å². The van der Waals surface area contributed by atoms with Crippen LogP contribution in [0.1, 0.15) is 27.2 Å². The highest BCUT2D eigenvalue weighted by Crippen LogP contribution is 2.39. The normalized spacial score (nSPS) is 19.0. The molecule has 184 valence electrons. The Morgan fingerprint density at radius 2 is 1.49 bits per heavy atom. The van der Waals surface area contributed by atoms with Gasteiger partial charge in [0.2, 0.25) is 0 Å². The van der Waals surface area contributed by atoms with Crippen LogP contribution in [0.15, 0.2) is 84.9 Å². The minimum Gasteiger partial charge on any atom is -0.492 e. The first-order chi connectivity index (χ1) is 16.7. The molecule has 0 bridgehead atoms. The number of rotatable bonds is 8. The Hall–Kier alpha value is -3.00. The van der Waals surface area contributed by atoms with Crippen LogP contribution >= 0.6 is 0 Å². The van der Waals surface area contributed by atoms with Crippen molar-refractivity contribution in [3.63, 3.8) is 0 Å². The Bertz CT molecular complexity index is 1080. The van der Waals surface area contributed by atoms with Gasteiger partial charge in [-0.05, 0) is 41.0 Å². The van der Waals surface area contributed by atoms with Crippen LogP contribution in [0.3, 0.4) is 0 Å². The lowest BCUT2D eigenvalue weighted by atomic mass is 10.2. The Morgan fingerprint density at radius 1 is 0.943 bits per heavy atom. The van der Waals surface area contributed by atoms with Gasteiger partial charge < -0.3 is 9.16 Å². The monoisotopic (exact) mass is 490 g/mol. The van der Waals surface area contributed by atoms with E-state index < -0.39 is 13.2 Å². The third-order valence-corrected chi connectivity index (χ3v) is 12.0. The molecule has 0 amide bonds. The van der Waals surface area contributed by atoms with Crippen LogP contribution in [0.2, 0.25) is 5.04 Å². The summed E-state index contributed by atoms with van der Waals surface area (Å²) in [4.78, 5) is 12.8. The minimum absolute atomic E-state index is 0.0640. The Balaban J connectivity index is 1.55. The van der Waals surface area contributed by atoms with Crippen molar-refractivity contribution in [1.29, 1.82) is 0 Å². The maximum absolute atomic E-state index is 10.9. The van der Waals surface area contributed by atoms with E-state index in [1.54, 1.807) is 12.1 Å². The van der Waals surface area contributed by atoms with E-state index in [2.05, 4.69) is 93.4 Å². The van der Waals surface area contributed by atoms with Gasteiger partial charge in [-0.2, -0.15) is 0 Å². The summed E-state index contributed by atoms with van der Waals surface area (Å²) in [5.41, 5.74) is 0.0640. The lowest BCUT2D eigenvalue weighted by Gasteiger charge is -2.44. The zero-order valence-electron chi connectivity index (χ0n) is 20.9. The van der Waals surface area contributed by atoms with E-state index in [4.69, 9.17) is 9.16 Å². The van der Waals surface area contributed by atoms with Crippen molar-refractivity contribution in [2.75, 3.05) is 20.2 Å². The average Bonchev–Trinajstić information content (AvgIpc) is 3.20. The number of likely N-dealkylation sites (tertiary alicyclic amines) is 1. The maximum atomic E-state index is 10.9. The van der Waals surface area contributed by atoms with Crippen molar-refractivity contribution in [2.45, 2.75) is 44.4 Å². The lowest BCUT2D eigenvalue weighted by Crippen LogP contribution is -2.67. The molecule has 0 radical (unpaired) electrons. The third-order valence-electron chi connectivity index (χ3n) is 6.90. The number of hydrogen-bond acceptors (Lipinski definition) is 5. The number of nitrogens with zero attached hydrogens (tertiary/aromatic N) is 2. The predicted molar refractivity (Wildman–Crippen MR) is 142 cm³/mol. The molecule has 1 saturated heterocycles. The fourth-order valence-corrected chi connectivity index (χ4v) is 9.79. The van der Waals surface area contributed by atoms with Gasteiger partial charge in [0.25, 0.3) is 14.0 Å². The predicted octanol–water partition coefficient (Wildman–Crippen LogP) is 4.62. The fraction of sp³-hybridized carbons (Fsp3) is 0.357. The molecule has 0 aliphatic carbocycles. The molecule has 0 N–H and O–H groups in total. The summed E-state index contributed by atoms with van der Waals surface area (Å²) in [6.07, 6.45) is 0.949. The van der Waals surface area contributed by atoms with Crippen LogP contribution in [-0.4, -0.2) is 50.5 Å². The standard InChI is InChI=1S/C28H34N2O4Si/c1-28(2,3)35(26-11-7-5-8-12-26,27-13-9-6-10-14-27)34-25-19-23(29(4)20-25)21-33-24-17-15-22(16-18-24)30(31)32/h5-18,23,25H,19-21H2,1-4H3/t23-,25+/m1/s1. The van der Waals surface area contributed by atoms with Crippen molar-refractivity contribution in [1.82, 2.24) is 4.90 Å². The molecule has 1 aliphatic rings. The van der Waals surface area contributed by atoms with Crippen molar-refractivity contribution in [3.8, 4) is 5.75 Å². The summed E-state index contributed by atoms with van der Waals surface area (Å²) < 4.78 is 13.3. The molecule has 0 saturated carbocycles. The second-order valence-corrected chi connectivity index (χ2v) is 14.5. The van der Waals surface area contributed by atoms with Gasteiger partial charge in [-0.1, -0.05) is 81.4 Å². The Morgan fingerprint density at radius 3 is 1.97 bits per heavy atom. The molecule has 35 heavy (non-hydrogen) atoms. The number of non-ortho nitro benzene ring substituents is 1. The van der Waals surface area contributed by atoms with E-state index in [1.807, 2.05) is 0 Å². The van der Waals surface area contributed by atoms with E-state index in [0.29, 0.717) is 12.4 Å². The van der Waals surface area contributed by atoms with Crippen LogP contribution in [0.25, 0.3) is 0 Å². The number of ether oxygens (including phenoxy) is 1. The maximum Gasteiger partial charge on any atom is 0.269 e. The zero-order valence-corrected chi connectivity index (χ0v) is 21.9. The third kappa shape index (κ3) is 5.32. The molecule has 3 aromatic carbocycles. The quantitative estimate of drug-likeness (QED) is 0.262. The van der Waals surface area contributed by atoms with E-state index >= 15 is 0 Å². The number of nitro benzene ring substituents is 1. The van der Waals surface area contributed by atoms with Crippen LogP contribution in [-0.2, 0) is 4.43 Å². The molecule has 1 fully saturated rings. The van der Waals surface area contributed by atoms with E-state index in [0.717, 1.165) is 13.0 Å². The largest absolute Gasteiger partial charge is 0.492 e. The van der Waals surface area contributed by atoms with Crippen molar-refractivity contribution >= 4 is 24.4 Å². The van der Waals surface area contributed by atoms with Gasteiger partial charge in [0.15, 0.2) is 0 Å². The summed E-state index contributed by atoms with van der Waals surface area (Å²) in [6.45, 7) is 8.24. The zero-order chi connectivity index (χ0) is 25.1. The van der Waals surface area contributed by atoms with Gasteiger partial charge in [-0.3, -0.25) is 15.0 Å². The van der Waals surface area contributed by atoms with Gasteiger partial charge in [0, 0.05) is 24.7 Å². The minimum atomic E-state index is -2.61. The lowest BCUT2D eigenvalue weighted by molar-refractivity contribution is -0.384. The van der Waals surface area contributed by atoms with Crippen LogP contribution in [0.5, 0.6) is 5.75 Å². The smallest absolute Gasteiger partial charge is 0.269 e. The first-order valence-electron chi connectivity index (χ1n) is 12.1. The average molecular weight is 491 g/mol. The summed E-state index contributed by atoms with van der Waals surface area (Å²) in [7, 11) is -0.499. The number of likely N-dealkylation sites (N-methyl/N-ethyl adjacent to an activating group) is 1. The van der Waals surface area contributed by atoms with Gasteiger partial charge in [0.05, 0.1) is 11.0 Å². The van der Waals surface area contributed by atoms with Crippen LogP contribution < -0.4 is 15.1 Å². The molecule has 7 heteroatoms. The summed E-state index contributed by atoms with van der Waals surface area (Å²) in [6, 6.07) is 27.9. The van der Waals surface area contributed by atoms with Gasteiger partial charge in [0.1, 0.15) is 12.4 Å². The SMILES string of the molecule is CN1C[C@@H](O[Si](c2ccccc2)(c2ccccc2)C(C)(C)C)C[C@@H]1COc1ccc([N+](=O)[O-])cc1. The topological polar surface area (TPSA) is 64.8 Å². The molecule has 6 nitrogen and oxygen atoms in total. The van der Waals surface area contributed by atoms with Crippen LogP contribution in [0.4, 0.5) is 5.69 Å². The highest BCUT2D eigenvalue weighted by atomic mass is 28.4. The van der Waals surface area contributed by atoms with E-state index in [1.165, 1.54) is 22.5 Å². The molecule has 3 aromatic rings. The molecule has 0 unspecified atom stereocenters. The Kier molecular flexibility index (Phi) is 7.40. The second-order valence-electron chi connectivity index (χ2n) is 10.3. The molecule has 4 rings (SSSR count). The molecule has 1 aliphatic heterocycles. The molecule has 0 spiro atoms. The van der Waals surface area contributed by atoms with Crippen molar-refractivity contribution in [2.24, 2.45) is 0 Å². The number of benzene rings is 3.